The van der Waals surface area contributed by atoms with E-state index in [0.717, 1.165) is 0 Å². The van der Waals surface area contributed by atoms with Crippen LogP contribution >= 0.6 is 0 Å². The maximum absolute atomic E-state index is 12.4. The van der Waals surface area contributed by atoms with Gasteiger partial charge in [-0.3, -0.25) is 9.59 Å². The second-order valence-electron chi connectivity index (χ2n) is 6.56. The zero-order valence-corrected chi connectivity index (χ0v) is 15.2. The summed E-state index contributed by atoms with van der Waals surface area (Å²) in [7, 11) is 0. The van der Waals surface area contributed by atoms with Crippen LogP contribution < -0.4 is 27.8 Å². The molecule has 0 spiro atoms. The number of rotatable bonds is 13. The number of nitrogens with two attached hydrogens (primary N) is 3. The van der Waals surface area contributed by atoms with Gasteiger partial charge >= 0.3 is 5.97 Å². The van der Waals surface area contributed by atoms with Gasteiger partial charge < -0.3 is 32.9 Å². The lowest BCUT2D eigenvalue weighted by Gasteiger charge is -2.23. The lowest BCUT2D eigenvalue weighted by Crippen LogP contribution is -2.55. The number of aliphatic carboxylic acids is 1. The molecule has 0 aliphatic carbocycles. The summed E-state index contributed by atoms with van der Waals surface area (Å²) in [6, 6.07) is -2.67. The van der Waals surface area contributed by atoms with Gasteiger partial charge in [-0.15, -0.1) is 0 Å². The minimum Gasteiger partial charge on any atom is -0.480 e. The molecule has 0 saturated heterocycles. The van der Waals surface area contributed by atoms with E-state index in [9.17, 15) is 19.5 Å². The summed E-state index contributed by atoms with van der Waals surface area (Å²) < 4.78 is 0. The fourth-order valence-electron chi connectivity index (χ4n) is 2.35. The van der Waals surface area contributed by atoms with Crippen molar-refractivity contribution in [2.45, 2.75) is 64.1 Å². The molecule has 0 rings (SSSR count). The average molecular weight is 359 g/mol. The maximum Gasteiger partial charge on any atom is 0.326 e. The molecule has 9 N–H and O–H groups in total. The van der Waals surface area contributed by atoms with Gasteiger partial charge in [0.25, 0.3) is 0 Å². The second-order valence-corrected chi connectivity index (χ2v) is 6.56. The second kappa shape index (κ2) is 12.6. The Morgan fingerprint density at radius 2 is 1.52 bits per heavy atom. The highest BCUT2D eigenvalue weighted by atomic mass is 16.4. The van der Waals surface area contributed by atoms with Gasteiger partial charge in [-0.1, -0.05) is 13.8 Å². The minimum atomic E-state index is -1.13. The molecule has 0 bridgehead atoms. The lowest BCUT2D eigenvalue weighted by molar-refractivity contribution is -0.142. The predicted octanol–water partition coefficient (Wildman–Crippen LogP) is -1.11. The van der Waals surface area contributed by atoms with Gasteiger partial charge in [-0.25, -0.2) is 4.79 Å². The molecule has 0 fully saturated rings. The number of carboxylic acids is 1. The number of hydrogen-bond acceptors (Lipinski definition) is 6. The van der Waals surface area contributed by atoms with Crippen molar-refractivity contribution in [2.24, 2.45) is 23.1 Å². The van der Waals surface area contributed by atoms with E-state index in [0.29, 0.717) is 25.8 Å². The van der Waals surface area contributed by atoms with Crippen LogP contribution in [0.2, 0.25) is 0 Å². The normalized spacial score (nSPS) is 14.6. The molecule has 0 aliphatic heterocycles. The Bertz CT molecular complexity index is 431. The van der Waals surface area contributed by atoms with E-state index < -0.39 is 35.9 Å². The number of carbonyl (C=O) groups is 3. The van der Waals surface area contributed by atoms with Gasteiger partial charge in [-0.2, -0.15) is 0 Å². The van der Waals surface area contributed by atoms with Crippen molar-refractivity contribution in [2.75, 3.05) is 13.1 Å². The van der Waals surface area contributed by atoms with E-state index in [1.165, 1.54) is 0 Å². The molecule has 3 atom stereocenters. The molecule has 0 aromatic heterocycles. The topological polar surface area (TPSA) is 174 Å². The molecule has 9 heteroatoms. The Labute approximate surface area is 149 Å². The summed E-state index contributed by atoms with van der Waals surface area (Å²) in [4.78, 5) is 35.7. The van der Waals surface area contributed by atoms with Crippen molar-refractivity contribution in [3.63, 3.8) is 0 Å². The van der Waals surface area contributed by atoms with Gasteiger partial charge in [0, 0.05) is 0 Å². The van der Waals surface area contributed by atoms with Gasteiger partial charge in [-0.05, 0) is 51.1 Å². The number of carboxylic acid groups (broad SMARTS) is 1. The number of nitrogens with one attached hydrogen (secondary N) is 2. The van der Waals surface area contributed by atoms with Crippen molar-refractivity contribution in [1.82, 2.24) is 10.6 Å². The van der Waals surface area contributed by atoms with Crippen LogP contribution in [0, 0.1) is 5.92 Å². The zero-order valence-electron chi connectivity index (χ0n) is 15.2. The quantitative estimate of drug-likeness (QED) is 0.226. The van der Waals surface area contributed by atoms with Crippen LogP contribution in [0.5, 0.6) is 0 Å². The van der Waals surface area contributed by atoms with Crippen LogP contribution in [0.3, 0.4) is 0 Å². The molecular weight excluding hydrogens is 326 g/mol. The van der Waals surface area contributed by atoms with E-state index in [4.69, 9.17) is 17.2 Å². The Morgan fingerprint density at radius 1 is 0.920 bits per heavy atom. The molecule has 0 heterocycles. The Kier molecular flexibility index (Phi) is 11.8. The van der Waals surface area contributed by atoms with Crippen molar-refractivity contribution >= 4 is 17.8 Å². The molecular formula is C16H33N5O4. The van der Waals surface area contributed by atoms with E-state index in [1.807, 2.05) is 13.8 Å². The molecule has 0 aromatic carbocycles. The van der Waals surface area contributed by atoms with Crippen LogP contribution in [-0.4, -0.2) is 54.1 Å². The predicted molar refractivity (Wildman–Crippen MR) is 95.5 cm³/mol. The highest BCUT2D eigenvalue weighted by Gasteiger charge is 2.27. The molecule has 0 aliphatic rings. The molecule has 2 unspecified atom stereocenters. The Hall–Kier alpha value is -1.71. The molecule has 0 aromatic rings. The Morgan fingerprint density at radius 3 is 2.00 bits per heavy atom. The van der Waals surface area contributed by atoms with E-state index >= 15 is 0 Å². The van der Waals surface area contributed by atoms with Crippen LogP contribution in [0.1, 0.15) is 46.0 Å². The zero-order chi connectivity index (χ0) is 19.4. The van der Waals surface area contributed by atoms with Crippen LogP contribution in [0.25, 0.3) is 0 Å². The lowest BCUT2D eigenvalue weighted by atomic mass is 10.0. The first kappa shape index (κ1) is 23.3. The van der Waals surface area contributed by atoms with E-state index in [2.05, 4.69) is 10.6 Å². The number of amides is 2. The highest BCUT2D eigenvalue weighted by Crippen LogP contribution is 2.05. The largest absolute Gasteiger partial charge is 0.480 e. The van der Waals surface area contributed by atoms with Crippen molar-refractivity contribution < 1.29 is 19.5 Å². The summed E-state index contributed by atoms with van der Waals surface area (Å²) >= 11 is 0. The minimum absolute atomic E-state index is 0.169. The van der Waals surface area contributed by atoms with Crippen LogP contribution in [0.4, 0.5) is 0 Å². The average Bonchev–Trinajstić information content (AvgIpc) is 2.52. The SMILES string of the molecule is CC(C)CC(N)C(=O)NC(CCN)C(=O)N[C@@H](CCCCN)C(=O)O. The van der Waals surface area contributed by atoms with Crippen molar-refractivity contribution in [1.29, 1.82) is 0 Å². The number of carbonyl (C=O) groups excluding carboxylic acids is 2. The summed E-state index contributed by atoms with van der Waals surface area (Å²) in [6.07, 6.45) is 2.21. The van der Waals surface area contributed by atoms with Gasteiger partial charge in [0.05, 0.1) is 6.04 Å². The third-order valence-corrected chi connectivity index (χ3v) is 3.71. The van der Waals surface area contributed by atoms with Crippen molar-refractivity contribution in [3.8, 4) is 0 Å². The summed E-state index contributed by atoms with van der Waals surface area (Å²) in [5.41, 5.74) is 16.7. The highest BCUT2D eigenvalue weighted by molar-refractivity contribution is 5.91. The summed E-state index contributed by atoms with van der Waals surface area (Å²) in [6.45, 7) is 4.51. The van der Waals surface area contributed by atoms with Crippen LogP contribution in [-0.2, 0) is 14.4 Å². The molecule has 2 amide bonds. The first-order valence-electron chi connectivity index (χ1n) is 8.72. The van der Waals surface area contributed by atoms with Crippen molar-refractivity contribution in [3.05, 3.63) is 0 Å². The molecule has 146 valence electrons. The van der Waals surface area contributed by atoms with Crippen LogP contribution in [0.15, 0.2) is 0 Å². The fourth-order valence-corrected chi connectivity index (χ4v) is 2.35. The van der Waals surface area contributed by atoms with Gasteiger partial charge in [0.2, 0.25) is 11.8 Å². The van der Waals surface area contributed by atoms with Gasteiger partial charge in [0.1, 0.15) is 12.1 Å². The smallest absolute Gasteiger partial charge is 0.326 e. The number of hydrogen-bond donors (Lipinski definition) is 6. The van der Waals surface area contributed by atoms with Gasteiger partial charge in [0.15, 0.2) is 0 Å². The molecule has 25 heavy (non-hydrogen) atoms. The first-order valence-corrected chi connectivity index (χ1v) is 8.72. The summed E-state index contributed by atoms with van der Waals surface area (Å²) in [5.74, 6) is -1.91. The van der Waals surface area contributed by atoms with E-state index in [1.54, 1.807) is 0 Å². The number of unbranched alkanes of at least 4 members (excludes halogenated alkanes) is 1. The monoisotopic (exact) mass is 359 g/mol. The first-order chi connectivity index (χ1) is 11.7. The summed E-state index contributed by atoms with van der Waals surface area (Å²) in [5, 5.41) is 14.2. The molecule has 0 radical (unpaired) electrons. The maximum atomic E-state index is 12.4. The fraction of sp³-hybridized carbons (Fsp3) is 0.812. The van der Waals surface area contributed by atoms with E-state index in [-0.39, 0.29) is 25.3 Å². The third-order valence-electron chi connectivity index (χ3n) is 3.71. The molecule has 0 saturated carbocycles. The Balaban J connectivity index is 4.79. The third kappa shape index (κ3) is 10.0. The molecule has 9 nitrogen and oxygen atoms in total. The standard InChI is InChI=1S/C16H33N5O4/c1-10(2)9-11(19)14(22)20-12(6-8-18)15(23)21-13(16(24)25)5-3-4-7-17/h10-13H,3-9,17-19H2,1-2H3,(H,20,22)(H,21,23)(H,24,25)/t11?,12?,13-/m0/s1.